The molecule has 0 amide bonds. The van der Waals surface area contributed by atoms with Crippen molar-refractivity contribution >= 4 is 0 Å². The summed E-state index contributed by atoms with van der Waals surface area (Å²) in [5.41, 5.74) is 0. The summed E-state index contributed by atoms with van der Waals surface area (Å²) in [5, 5.41) is 0. The second kappa shape index (κ2) is 3.97. The molecule has 0 bridgehead atoms. The lowest BCUT2D eigenvalue weighted by Gasteiger charge is -2.33. The molecule has 0 saturated carbocycles. The lowest BCUT2D eigenvalue weighted by atomic mass is 10.2. The minimum Gasteiger partial charge on any atom is -0.284 e. The summed E-state index contributed by atoms with van der Waals surface area (Å²) in [6, 6.07) is 2.03. The summed E-state index contributed by atoms with van der Waals surface area (Å²) in [6.45, 7) is 15.0. The molecule has 1 unspecified atom stereocenters. The van der Waals surface area contributed by atoms with Crippen LogP contribution in [0.1, 0.15) is 41.5 Å². The molecule has 2 atom stereocenters. The van der Waals surface area contributed by atoms with Crippen LogP contribution >= 0.6 is 0 Å². The minimum absolute atomic E-state index is 0.606. The summed E-state index contributed by atoms with van der Waals surface area (Å²) < 4.78 is 0. The number of nitrogens with zero attached hydrogens (tertiary/aromatic N) is 2. The zero-order valence-corrected chi connectivity index (χ0v) is 9.91. The van der Waals surface area contributed by atoms with Gasteiger partial charge in [-0.2, -0.15) is 0 Å². The molecule has 0 aliphatic carbocycles. The molecule has 1 rings (SSSR count). The van der Waals surface area contributed by atoms with Crippen molar-refractivity contribution in [2.24, 2.45) is 0 Å². The molecule has 2 nitrogen and oxygen atoms in total. The fourth-order valence-corrected chi connectivity index (χ4v) is 2.67. The van der Waals surface area contributed by atoms with Crippen LogP contribution in [0.4, 0.5) is 0 Å². The highest BCUT2D eigenvalue weighted by molar-refractivity contribution is 4.88. The van der Waals surface area contributed by atoms with Crippen molar-refractivity contribution in [2.75, 3.05) is 6.54 Å². The Hall–Kier alpha value is -0.0800. The molecule has 1 saturated heterocycles. The Bertz CT molecular complexity index is 165. The molecule has 78 valence electrons. The molecule has 2 heteroatoms. The zero-order chi connectivity index (χ0) is 10.2. The number of hydrogen-bond acceptors (Lipinski definition) is 2. The van der Waals surface area contributed by atoms with Gasteiger partial charge < -0.3 is 0 Å². The molecular formula is C11H24N2. The van der Waals surface area contributed by atoms with E-state index in [1.165, 1.54) is 6.54 Å². The van der Waals surface area contributed by atoms with Gasteiger partial charge in [0, 0.05) is 24.7 Å². The summed E-state index contributed by atoms with van der Waals surface area (Å²) in [6.07, 6.45) is 0.606. The first-order valence-corrected chi connectivity index (χ1v) is 5.48. The monoisotopic (exact) mass is 184 g/mol. The Kier molecular flexibility index (Phi) is 3.36. The lowest BCUT2D eigenvalue weighted by Crippen LogP contribution is -2.43. The molecule has 0 aromatic rings. The number of hydrogen-bond donors (Lipinski definition) is 0. The molecule has 1 heterocycles. The van der Waals surface area contributed by atoms with Crippen LogP contribution in [0, 0.1) is 0 Å². The molecule has 0 aromatic carbocycles. The molecule has 1 aliphatic rings. The normalized spacial score (nSPS) is 32.3. The maximum Gasteiger partial charge on any atom is 0.0601 e. The average molecular weight is 184 g/mol. The van der Waals surface area contributed by atoms with Crippen molar-refractivity contribution in [3.63, 3.8) is 0 Å². The summed E-state index contributed by atoms with van der Waals surface area (Å²) >= 11 is 0. The van der Waals surface area contributed by atoms with E-state index in [2.05, 4.69) is 51.3 Å². The van der Waals surface area contributed by atoms with E-state index in [1.54, 1.807) is 0 Å². The van der Waals surface area contributed by atoms with E-state index in [9.17, 15) is 0 Å². The van der Waals surface area contributed by atoms with E-state index < -0.39 is 0 Å². The highest BCUT2D eigenvalue weighted by Crippen LogP contribution is 2.24. The number of rotatable bonds is 2. The lowest BCUT2D eigenvalue weighted by molar-refractivity contribution is 0.0923. The zero-order valence-electron chi connectivity index (χ0n) is 9.91. The fraction of sp³-hybridized carbons (Fsp3) is 1.00. The van der Waals surface area contributed by atoms with Crippen LogP contribution in [-0.4, -0.2) is 40.6 Å². The van der Waals surface area contributed by atoms with Crippen molar-refractivity contribution in [2.45, 2.75) is 65.8 Å². The standard InChI is InChI=1S/C11H24N2/c1-8(2)12-7-10(5)13(9(3)4)11(12)6/h8-11H,7H2,1-6H3/t10-,11?/m0/s1. The van der Waals surface area contributed by atoms with Crippen LogP contribution in [0.3, 0.4) is 0 Å². The van der Waals surface area contributed by atoms with Gasteiger partial charge >= 0.3 is 0 Å². The summed E-state index contributed by atoms with van der Waals surface area (Å²) in [4.78, 5) is 5.17. The minimum atomic E-state index is 0.606. The van der Waals surface area contributed by atoms with Gasteiger partial charge in [-0.3, -0.25) is 9.80 Å². The van der Waals surface area contributed by atoms with Crippen molar-refractivity contribution in [3.8, 4) is 0 Å². The predicted octanol–water partition coefficient (Wildman–Crippen LogP) is 2.16. The maximum absolute atomic E-state index is 2.60. The van der Waals surface area contributed by atoms with Crippen molar-refractivity contribution in [1.82, 2.24) is 9.80 Å². The Morgan fingerprint density at radius 3 is 1.77 bits per heavy atom. The van der Waals surface area contributed by atoms with Crippen LogP contribution in [0.15, 0.2) is 0 Å². The third-order valence-electron chi connectivity index (χ3n) is 3.16. The van der Waals surface area contributed by atoms with Crippen LogP contribution in [-0.2, 0) is 0 Å². The van der Waals surface area contributed by atoms with Gasteiger partial charge in [-0.05, 0) is 41.5 Å². The Balaban J connectivity index is 2.69. The molecule has 0 spiro atoms. The quantitative estimate of drug-likeness (QED) is 0.649. The van der Waals surface area contributed by atoms with Crippen LogP contribution in [0.25, 0.3) is 0 Å². The first-order chi connectivity index (χ1) is 5.95. The Morgan fingerprint density at radius 1 is 1.00 bits per heavy atom. The first kappa shape index (κ1) is 11.0. The fourth-order valence-electron chi connectivity index (χ4n) is 2.67. The molecule has 0 aromatic heterocycles. The van der Waals surface area contributed by atoms with Gasteiger partial charge in [0.05, 0.1) is 6.17 Å². The Morgan fingerprint density at radius 2 is 1.54 bits per heavy atom. The predicted molar refractivity (Wildman–Crippen MR) is 57.7 cm³/mol. The topological polar surface area (TPSA) is 6.48 Å². The second-order valence-corrected chi connectivity index (χ2v) is 4.81. The van der Waals surface area contributed by atoms with Gasteiger partial charge in [0.2, 0.25) is 0 Å². The van der Waals surface area contributed by atoms with E-state index in [1.807, 2.05) is 0 Å². The first-order valence-electron chi connectivity index (χ1n) is 5.48. The molecule has 0 radical (unpaired) electrons. The molecular weight excluding hydrogens is 160 g/mol. The van der Waals surface area contributed by atoms with E-state index >= 15 is 0 Å². The highest BCUT2D eigenvalue weighted by Gasteiger charge is 2.36. The van der Waals surface area contributed by atoms with Gasteiger partial charge in [0.15, 0.2) is 0 Å². The largest absolute Gasteiger partial charge is 0.284 e. The third-order valence-corrected chi connectivity index (χ3v) is 3.16. The molecule has 1 aliphatic heterocycles. The van der Waals surface area contributed by atoms with E-state index in [-0.39, 0.29) is 0 Å². The third kappa shape index (κ3) is 2.05. The van der Waals surface area contributed by atoms with Crippen molar-refractivity contribution < 1.29 is 0 Å². The van der Waals surface area contributed by atoms with Gasteiger partial charge in [0.1, 0.15) is 0 Å². The van der Waals surface area contributed by atoms with E-state index in [0.29, 0.717) is 24.3 Å². The summed E-state index contributed by atoms with van der Waals surface area (Å²) in [5.74, 6) is 0. The molecule has 13 heavy (non-hydrogen) atoms. The van der Waals surface area contributed by atoms with Crippen LogP contribution in [0.2, 0.25) is 0 Å². The van der Waals surface area contributed by atoms with E-state index in [4.69, 9.17) is 0 Å². The van der Waals surface area contributed by atoms with Gasteiger partial charge in [-0.25, -0.2) is 0 Å². The molecule has 1 fully saturated rings. The summed E-state index contributed by atoms with van der Waals surface area (Å²) in [7, 11) is 0. The highest BCUT2D eigenvalue weighted by atomic mass is 15.4. The van der Waals surface area contributed by atoms with E-state index in [0.717, 1.165) is 0 Å². The van der Waals surface area contributed by atoms with Gasteiger partial charge in [0.25, 0.3) is 0 Å². The van der Waals surface area contributed by atoms with Gasteiger partial charge in [-0.15, -0.1) is 0 Å². The Labute approximate surface area is 82.9 Å². The average Bonchev–Trinajstić information content (AvgIpc) is 2.26. The SMILES string of the molecule is CC(C)N1C[C@H](C)N(C(C)C)C1C. The van der Waals surface area contributed by atoms with Crippen LogP contribution in [0.5, 0.6) is 0 Å². The smallest absolute Gasteiger partial charge is 0.0601 e. The maximum atomic E-state index is 2.60. The molecule has 0 N–H and O–H groups in total. The van der Waals surface area contributed by atoms with Gasteiger partial charge in [-0.1, -0.05) is 0 Å². The van der Waals surface area contributed by atoms with Crippen LogP contribution < -0.4 is 0 Å². The van der Waals surface area contributed by atoms with Crippen molar-refractivity contribution in [3.05, 3.63) is 0 Å². The second-order valence-electron chi connectivity index (χ2n) is 4.81. The van der Waals surface area contributed by atoms with Crippen molar-refractivity contribution in [1.29, 1.82) is 0 Å².